The summed E-state index contributed by atoms with van der Waals surface area (Å²) in [7, 11) is -1.35. The molecule has 0 radical (unpaired) electrons. The Morgan fingerprint density at radius 3 is 2.78 bits per heavy atom. The molecule has 18 heavy (non-hydrogen) atoms. The lowest BCUT2D eigenvalue weighted by atomic mass is 9.70. The first-order valence-corrected chi connectivity index (χ1v) is 6.87. The summed E-state index contributed by atoms with van der Waals surface area (Å²) in [6.07, 6.45) is 4.27. The zero-order valence-corrected chi connectivity index (χ0v) is 10.5. The second kappa shape index (κ2) is 5.44. The Labute approximate surface area is 107 Å². The molecule has 0 saturated carbocycles. The third-order valence-corrected chi connectivity index (χ3v) is 4.27. The Bertz CT molecular complexity index is 288. The Balaban J connectivity index is 1.73. The minimum absolute atomic E-state index is 0.0631. The van der Waals surface area contributed by atoms with Crippen LogP contribution in [0.4, 0.5) is 0 Å². The highest BCUT2D eigenvalue weighted by Crippen LogP contribution is 2.32. The van der Waals surface area contributed by atoms with Gasteiger partial charge >= 0.3 is 7.12 Å². The minimum Gasteiger partial charge on any atom is -0.426 e. The van der Waals surface area contributed by atoms with Crippen LogP contribution in [-0.2, 0) is 9.47 Å². The number of nitrogens with one attached hydrogen (secondary N) is 1. The largest absolute Gasteiger partial charge is 0.471 e. The van der Waals surface area contributed by atoms with Crippen LogP contribution in [-0.4, -0.2) is 60.2 Å². The van der Waals surface area contributed by atoms with Crippen LogP contribution >= 0.6 is 0 Å². The fourth-order valence-corrected chi connectivity index (χ4v) is 3.33. The molecule has 0 aromatic heterocycles. The van der Waals surface area contributed by atoms with E-state index >= 15 is 0 Å². The van der Waals surface area contributed by atoms with Crippen LogP contribution in [0.2, 0.25) is 0 Å². The average Bonchev–Trinajstić information content (AvgIpc) is 2.79. The topological polar surface area (TPSA) is 74.2 Å². The second-order valence-electron chi connectivity index (χ2n) is 5.39. The molecule has 102 valence electrons. The lowest BCUT2D eigenvalue weighted by molar-refractivity contribution is -0.124. The number of ether oxygens (including phenoxy) is 2. The van der Waals surface area contributed by atoms with E-state index in [-0.39, 0.29) is 24.1 Å². The van der Waals surface area contributed by atoms with Gasteiger partial charge in [0, 0.05) is 25.2 Å². The summed E-state index contributed by atoms with van der Waals surface area (Å²) in [6, 6.07) is 0.286. The van der Waals surface area contributed by atoms with Crippen molar-refractivity contribution in [1.29, 1.82) is 0 Å². The number of hydrogen-bond donors (Lipinski definition) is 3. The standard InChI is InChI=1S/C11H21BN2O4/c15-12(16)11-8-7-17-6-4-9(8)14(13-11)10-3-1-2-5-18-10/h8-11,13,15-16H,1-7H2. The average molecular weight is 256 g/mol. The summed E-state index contributed by atoms with van der Waals surface area (Å²) in [6.45, 7) is 2.12. The molecule has 0 bridgehead atoms. The van der Waals surface area contributed by atoms with Crippen LogP contribution in [0.15, 0.2) is 0 Å². The molecule has 3 aliphatic rings. The van der Waals surface area contributed by atoms with Crippen molar-refractivity contribution in [2.45, 2.75) is 43.9 Å². The molecule has 3 heterocycles. The van der Waals surface area contributed by atoms with Crippen LogP contribution in [0.1, 0.15) is 25.7 Å². The van der Waals surface area contributed by atoms with Gasteiger partial charge in [-0.15, -0.1) is 0 Å². The maximum Gasteiger partial charge on any atom is 0.471 e. The van der Waals surface area contributed by atoms with Crippen molar-refractivity contribution in [3.05, 3.63) is 0 Å². The van der Waals surface area contributed by atoms with E-state index in [1.54, 1.807) is 0 Å². The van der Waals surface area contributed by atoms with Crippen molar-refractivity contribution in [2.24, 2.45) is 5.92 Å². The van der Waals surface area contributed by atoms with Gasteiger partial charge in [-0.1, -0.05) is 0 Å². The van der Waals surface area contributed by atoms with Gasteiger partial charge in [-0.05, 0) is 25.7 Å². The summed E-state index contributed by atoms with van der Waals surface area (Å²) in [5.74, 6) is -0.217. The maximum atomic E-state index is 9.48. The van der Waals surface area contributed by atoms with E-state index in [1.165, 1.54) is 6.42 Å². The minimum atomic E-state index is -1.35. The van der Waals surface area contributed by atoms with Crippen molar-refractivity contribution in [1.82, 2.24) is 10.4 Å². The summed E-state index contributed by atoms with van der Waals surface area (Å²) in [5.41, 5.74) is 3.23. The van der Waals surface area contributed by atoms with Crippen molar-refractivity contribution >= 4 is 7.12 Å². The number of rotatable bonds is 2. The predicted octanol–water partition coefficient (Wildman–Crippen LogP) is -0.881. The Hall–Kier alpha value is -0.175. The van der Waals surface area contributed by atoms with Gasteiger partial charge in [-0.25, -0.2) is 5.01 Å². The number of hydrogen-bond acceptors (Lipinski definition) is 6. The van der Waals surface area contributed by atoms with Crippen LogP contribution in [0.3, 0.4) is 0 Å². The Morgan fingerprint density at radius 1 is 1.17 bits per heavy atom. The van der Waals surface area contributed by atoms with Gasteiger partial charge in [0.15, 0.2) is 0 Å². The first-order valence-electron chi connectivity index (χ1n) is 6.87. The fraction of sp³-hybridized carbons (Fsp3) is 1.00. The lowest BCUT2D eigenvalue weighted by Gasteiger charge is -2.37. The molecular formula is C11H21BN2O4. The van der Waals surface area contributed by atoms with Crippen LogP contribution < -0.4 is 5.43 Å². The summed E-state index contributed by atoms with van der Waals surface area (Å²) >= 11 is 0. The third kappa shape index (κ3) is 2.31. The first-order chi connectivity index (χ1) is 8.77. The van der Waals surface area contributed by atoms with Crippen LogP contribution in [0.5, 0.6) is 0 Å². The normalized spacial score (nSPS) is 41.7. The number of nitrogens with zero attached hydrogens (tertiary/aromatic N) is 1. The van der Waals surface area contributed by atoms with E-state index < -0.39 is 7.12 Å². The molecule has 0 spiro atoms. The molecule has 6 nitrogen and oxygen atoms in total. The van der Waals surface area contributed by atoms with Crippen molar-refractivity contribution in [3.8, 4) is 0 Å². The van der Waals surface area contributed by atoms with Crippen molar-refractivity contribution in [3.63, 3.8) is 0 Å². The first kappa shape index (κ1) is 12.8. The quantitative estimate of drug-likeness (QED) is 0.557. The van der Waals surface area contributed by atoms with Crippen molar-refractivity contribution < 1.29 is 19.5 Å². The molecule has 3 saturated heterocycles. The fourth-order valence-electron chi connectivity index (χ4n) is 3.33. The number of hydrazine groups is 1. The zero-order chi connectivity index (χ0) is 12.5. The molecule has 3 N–H and O–H groups in total. The molecule has 3 aliphatic heterocycles. The monoisotopic (exact) mass is 256 g/mol. The molecule has 4 atom stereocenters. The van der Waals surface area contributed by atoms with E-state index in [4.69, 9.17) is 9.47 Å². The molecular weight excluding hydrogens is 235 g/mol. The summed E-state index contributed by atoms with van der Waals surface area (Å²) in [4.78, 5) is 0. The van der Waals surface area contributed by atoms with Crippen molar-refractivity contribution in [2.75, 3.05) is 19.8 Å². The summed E-state index contributed by atoms with van der Waals surface area (Å²) < 4.78 is 11.3. The molecule has 3 rings (SSSR count). The Morgan fingerprint density at radius 2 is 2.06 bits per heavy atom. The Kier molecular flexibility index (Phi) is 3.88. The van der Waals surface area contributed by atoms with Gasteiger partial charge in [0.2, 0.25) is 0 Å². The SMILES string of the molecule is OB(O)C1NN(C2CCCCO2)C2CCOCC12. The van der Waals surface area contributed by atoms with Crippen LogP contribution in [0, 0.1) is 5.92 Å². The van der Waals surface area contributed by atoms with Gasteiger partial charge in [0.25, 0.3) is 0 Å². The molecule has 7 heteroatoms. The van der Waals surface area contributed by atoms with E-state index in [1.807, 2.05) is 0 Å². The second-order valence-corrected chi connectivity index (χ2v) is 5.39. The molecule has 0 aromatic rings. The lowest BCUT2D eigenvalue weighted by Crippen LogP contribution is -2.51. The van der Waals surface area contributed by atoms with E-state index in [0.717, 1.165) is 32.5 Å². The molecule has 0 amide bonds. The highest BCUT2D eigenvalue weighted by atomic mass is 16.5. The zero-order valence-electron chi connectivity index (χ0n) is 10.5. The van der Waals surface area contributed by atoms with E-state index in [2.05, 4.69) is 10.4 Å². The van der Waals surface area contributed by atoms with E-state index in [0.29, 0.717) is 6.61 Å². The highest BCUT2D eigenvalue weighted by Gasteiger charge is 2.50. The van der Waals surface area contributed by atoms with Gasteiger partial charge < -0.3 is 19.5 Å². The summed E-state index contributed by atoms with van der Waals surface area (Å²) in [5, 5.41) is 21.1. The van der Waals surface area contributed by atoms with Gasteiger partial charge in [0.1, 0.15) is 6.23 Å². The maximum absolute atomic E-state index is 9.48. The molecule has 4 unspecified atom stereocenters. The van der Waals surface area contributed by atoms with E-state index in [9.17, 15) is 10.0 Å². The molecule has 0 aromatic carbocycles. The van der Waals surface area contributed by atoms with Gasteiger partial charge in [-0.3, -0.25) is 5.43 Å². The van der Waals surface area contributed by atoms with Gasteiger partial charge in [0.05, 0.1) is 12.5 Å². The highest BCUT2D eigenvalue weighted by molar-refractivity contribution is 6.43. The smallest absolute Gasteiger partial charge is 0.426 e. The number of fused-ring (bicyclic) bond motifs is 1. The van der Waals surface area contributed by atoms with Crippen LogP contribution in [0.25, 0.3) is 0 Å². The van der Waals surface area contributed by atoms with Gasteiger partial charge in [-0.2, -0.15) is 0 Å². The molecule has 3 fully saturated rings. The predicted molar refractivity (Wildman–Crippen MR) is 65.3 cm³/mol. The molecule has 0 aliphatic carbocycles. The third-order valence-electron chi connectivity index (χ3n) is 4.27.